The van der Waals surface area contributed by atoms with E-state index in [2.05, 4.69) is 0 Å². The number of methoxy groups -OCH3 is 2. The van der Waals surface area contributed by atoms with Crippen molar-refractivity contribution in [2.24, 2.45) is 0 Å². The lowest BCUT2D eigenvalue weighted by atomic mass is 10.2. The van der Waals surface area contributed by atoms with Crippen molar-refractivity contribution in [3.8, 4) is 11.5 Å². The highest BCUT2D eigenvalue weighted by molar-refractivity contribution is 7.91. The maximum atomic E-state index is 11.8. The third-order valence-electron chi connectivity index (χ3n) is 2.40. The van der Waals surface area contributed by atoms with Gasteiger partial charge in [-0.3, -0.25) is 0 Å². The second kappa shape index (κ2) is 4.74. The number of aryl methyl sites for hydroxylation is 1. The van der Waals surface area contributed by atoms with Crippen LogP contribution in [0.25, 0.3) is 0 Å². The summed E-state index contributed by atoms with van der Waals surface area (Å²) in [5.74, 6) is 0.947. The van der Waals surface area contributed by atoms with Crippen LogP contribution in [-0.2, 0) is 9.84 Å². The van der Waals surface area contributed by atoms with Gasteiger partial charge in [-0.2, -0.15) is 0 Å². The largest absolute Gasteiger partial charge is 0.496 e. The van der Waals surface area contributed by atoms with Crippen molar-refractivity contribution in [1.82, 2.24) is 0 Å². The van der Waals surface area contributed by atoms with Crippen molar-refractivity contribution in [3.05, 3.63) is 17.7 Å². The van der Waals surface area contributed by atoms with Gasteiger partial charge in [-0.25, -0.2) is 8.42 Å². The molecule has 0 heterocycles. The Labute approximate surface area is 96.1 Å². The third kappa shape index (κ3) is 2.29. The Morgan fingerprint density at radius 1 is 1.12 bits per heavy atom. The fourth-order valence-corrected chi connectivity index (χ4v) is 2.47. The molecule has 0 radical (unpaired) electrons. The van der Waals surface area contributed by atoms with E-state index < -0.39 is 9.84 Å². The first-order valence-corrected chi connectivity index (χ1v) is 6.56. The first kappa shape index (κ1) is 12.8. The van der Waals surface area contributed by atoms with Crippen molar-refractivity contribution >= 4 is 9.84 Å². The highest BCUT2D eigenvalue weighted by atomic mass is 32.2. The van der Waals surface area contributed by atoms with E-state index in [-0.39, 0.29) is 10.6 Å². The van der Waals surface area contributed by atoms with Crippen LogP contribution in [0.15, 0.2) is 17.0 Å². The monoisotopic (exact) mass is 244 g/mol. The van der Waals surface area contributed by atoms with E-state index in [4.69, 9.17) is 9.47 Å². The van der Waals surface area contributed by atoms with Crippen molar-refractivity contribution in [3.63, 3.8) is 0 Å². The Balaban J connectivity index is 3.48. The highest BCUT2D eigenvalue weighted by Gasteiger charge is 2.19. The van der Waals surface area contributed by atoms with Crippen LogP contribution in [0.1, 0.15) is 12.5 Å². The Morgan fingerprint density at radius 3 is 2.12 bits per heavy atom. The van der Waals surface area contributed by atoms with E-state index in [1.807, 2.05) is 6.92 Å². The van der Waals surface area contributed by atoms with Gasteiger partial charge >= 0.3 is 0 Å². The van der Waals surface area contributed by atoms with Crippen LogP contribution in [0.3, 0.4) is 0 Å². The Hall–Kier alpha value is -1.23. The van der Waals surface area contributed by atoms with Crippen LogP contribution in [0, 0.1) is 6.92 Å². The molecule has 0 unspecified atom stereocenters. The normalized spacial score (nSPS) is 11.2. The number of hydrogen-bond acceptors (Lipinski definition) is 4. The van der Waals surface area contributed by atoms with E-state index in [1.54, 1.807) is 13.0 Å². The molecule has 4 nitrogen and oxygen atoms in total. The van der Waals surface area contributed by atoms with Crippen molar-refractivity contribution < 1.29 is 17.9 Å². The van der Waals surface area contributed by atoms with E-state index in [0.29, 0.717) is 11.5 Å². The fraction of sp³-hybridized carbons (Fsp3) is 0.455. The van der Waals surface area contributed by atoms with E-state index >= 15 is 0 Å². The minimum atomic E-state index is -3.30. The molecule has 0 saturated carbocycles. The first-order chi connectivity index (χ1) is 7.46. The van der Waals surface area contributed by atoms with Crippen LogP contribution in [0.2, 0.25) is 0 Å². The average molecular weight is 244 g/mol. The molecule has 0 saturated heterocycles. The average Bonchev–Trinajstić information content (AvgIpc) is 2.28. The quantitative estimate of drug-likeness (QED) is 0.810. The summed E-state index contributed by atoms with van der Waals surface area (Å²) in [6.45, 7) is 3.44. The number of ether oxygens (including phenoxy) is 2. The molecule has 0 amide bonds. The molecular weight excluding hydrogens is 228 g/mol. The fourth-order valence-electron chi connectivity index (χ4n) is 1.42. The zero-order valence-corrected chi connectivity index (χ0v) is 10.7. The number of hydrogen-bond donors (Lipinski definition) is 0. The summed E-state index contributed by atoms with van der Waals surface area (Å²) < 4.78 is 33.8. The molecule has 0 N–H and O–H groups in total. The Morgan fingerprint density at radius 2 is 1.69 bits per heavy atom. The van der Waals surface area contributed by atoms with Gasteiger partial charge in [0.25, 0.3) is 0 Å². The zero-order valence-electron chi connectivity index (χ0n) is 9.90. The second-order valence-electron chi connectivity index (χ2n) is 3.38. The second-order valence-corrected chi connectivity index (χ2v) is 5.62. The molecule has 5 heteroatoms. The maximum Gasteiger partial charge on any atom is 0.181 e. The molecule has 0 aliphatic heterocycles. The molecule has 0 fully saturated rings. The number of rotatable bonds is 4. The van der Waals surface area contributed by atoms with Gasteiger partial charge in [-0.05, 0) is 18.6 Å². The van der Waals surface area contributed by atoms with E-state index in [1.165, 1.54) is 20.3 Å². The van der Waals surface area contributed by atoms with Gasteiger partial charge in [0.1, 0.15) is 16.4 Å². The van der Waals surface area contributed by atoms with Crippen LogP contribution in [0.5, 0.6) is 11.5 Å². The summed E-state index contributed by atoms with van der Waals surface area (Å²) in [6, 6.07) is 3.17. The van der Waals surface area contributed by atoms with Gasteiger partial charge in [-0.1, -0.05) is 6.92 Å². The van der Waals surface area contributed by atoms with Crippen LogP contribution in [0.4, 0.5) is 0 Å². The highest BCUT2D eigenvalue weighted by Crippen LogP contribution is 2.32. The molecule has 0 aliphatic rings. The van der Waals surface area contributed by atoms with Crippen LogP contribution in [-0.4, -0.2) is 28.4 Å². The minimum Gasteiger partial charge on any atom is -0.496 e. The van der Waals surface area contributed by atoms with Crippen LogP contribution >= 0.6 is 0 Å². The summed E-state index contributed by atoms with van der Waals surface area (Å²) in [5, 5.41) is 0. The predicted molar refractivity (Wildman–Crippen MR) is 62.0 cm³/mol. The summed E-state index contributed by atoms with van der Waals surface area (Å²) >= 11 is 0. The number of benzene rings is 1. The van der Waals surface area contributed by atoms with Gasteiger partial charge in [0, 0.05) is 6.07 Å². The summed E-state index contributed by atoms with van der Waals surface area (Å²) in [7, 11) is -0.330. The molecule has 90 valence electrons. The van der Waals surface area contributed by atoms with E-state index in [0.717, 1.165) is 5.56 Å². The Bertz CT molecular complexity index is 477. The molecule has 0 atom stereocenters. The molecule has 16 heavy (non-hydrogen) atoms. The van der Waals surface area contributed by atoms with Gasteiger partial charge in [0.15, 0.2) is 9.84 Å². The molecule has 0 aliphatic carbocycles. The topological polar surface area (TPSA) is 52.6 Å². The summed E-state index contributed by atoms with van der Waals surface area (Å²) in [6.07, 6.45) is 0. The standard InChI is InChI=1S/C11H16O4S/c1-5-16(12,13)11-7-9(14-3)8(2)6-10(11)15-4/h6-7H,5H2,1-4H3. The zero-order chi connectivity index (χ0) is 12.3. The summed E-state index contributed by atoms with van der Waals surface area (Å²) in [4.78, 5) is 0.181. The minimum absolute atomic E-state index is 0.0373. The first-order valence-electron chi connectivity index (χ1n) is 4.91. The molecule has 1 aromatic carbocycles. The lowest BCUT2D eigenvalue weighted by molar-refractivity contribution is 0.390. The molecule has 0 aromatic heterocycles. The molecule has 1 aromatic rings. The third-order valence-corrected chi connectivity index (χ3v) is 4.15. The van der Waals surface area contributed by atoms with Crippen LogP contribution < -0.4 is 9.47 Å². The van der Waals surface area contributed by atoms with Crippen molar-refractivity contribution in [1.29, 1.82) is 0 Å². The van der Waals surface area contributed by atoms with E-state index in [9.17, 15) is 8.42 Å². The van der Waals surface area contributed by atoms with Gasteiger partial charge in [0.05, 0.1) is 20.0 Å². The molecule has 1 rings (SSSR count). The molecular formula is C11H16O4S. The van der Waals surface area contributed by atoms with Crippen molar-refractivity contribution in [2.45, 2.75) is 18.7 Å². The predicted octanol–water partition coefficient (Wildman–Crippen LogP) is 1.81. The van der Waals surface area contributed by atoms with Gasteiger partial charge < -0.3 is 9.47 Å². The smallest absolute Gasteiger partial charge is 0.181 e. The SMILES string of the molecule is CCS(=O)(=O)c1cc(OC)c(C)cc1OC. The maximum absolute atomic E-state index is 11.8. The van der Waals surface area contributed by atoms with Gasteiger partial charge in [0.2, 0.25) is 0 Å². The number of sulfone groups is 1. The lowest BCUT2D eigenvalue weighted by Crippen LogP contribution is -2.06. The molecule has 0 spiro atoms. The Kier molecular flexibility index (Phi) is 3.80. The van der Waals surface area contributed by atoms with Crippen molar-refractivity contribution in [2.75, 3.05) is 20.0 Å². The summed E-state index contributed by atoms with van der Waals surface area (Å²) in [5.41, 5.74) is 0.842. The molecule has 0 bridgehead atoms. The van der Waals surface area contributed by atoms with Gasteiger partial charge in [-0.15, -0.1) is 0 Å². The lowest BCUT2D eigenvalue weighted by Gasteiger charge is -2.12.